The first kappa shape index (κ1) is 89.0. The zero-order chi connectivity index (χ0) is 84.8. The molecule has 2 nitrogen and oxygen atoms in total. The highest BCUT2D eigenvalue weighted by molar-refractivity contribution is 5.90. The SMILES string of the molecule is C=CC(CCC/C=C/CCC(CCC(CC)c1ccc(-c2ccc3c(c2)C(CCCCCC)(CCCCCC)c2cc(N(c4ccccc4)c4ccccc4)ccc2-3)cc1)c1ccccc1)CCC(CCC(C)c1ccc(-c2ccc3c(c2)C(CCCCCC)(CCCCCC)c2cc(N(c4ccccc4)c4ccccc4)ccc2-3)cc1)c1ccccc1. The molecular formula is C121H142N2. The Kier molecular flexibility index (Phi) is 32.8. The van der Waals surface area contributed by atoms with Crippen LogP contribution in [-0.2, 0) is 10.8 Å². The second kappa shape index (κ2) is 45.4. The van der Waals surface area contributed by atoms with Crippen LogP contribution in [0.1, 0.15) is 315 Å². The average Bonchev–Trinajstić information content (AvgIpc) is 1.56. The van der Waals surface area contributed by atoms with Crippen LogP contribution in [0.4, 0.5) is 34.1 Å². The van der Waals surface area contributed by atoms with E-state index in [0.717, 1.165) is 25.7 Å². The van der Waals surface area contributed by atoms with E-state index in [1.165, 1.54) is 292 Å². The summed E-state index contributed by atoms with van der Waals surface area (Å²) in [6, 6.07) is 116. The van der Waals surface area contributed by atoms with E-state index < -0.39 is 0 Å². The molecule has 0 bridgehead atoms. The highest BCUT2D eigenvalue weighted by atomic mass is 15.1. The van der Waals surface area contributed by atoms with Crippen LogP contribution in [-0.4, -0.2) is 0 Å². The zero-order valence-corrected chi connectivity index (χ0v) is 75.7. The molecule has 0 fully saturated rings. The van der Waals surface area contributed by atoms with E-state index in [4.69, 9.17) is 0 Å². The molecule has 0 aromatic heterocycles. The monoisotopic (exact) mass is 1620 g/mol. The van der Waals surface area contributed by atoms with Crippen LogP contribution in [0, 0.1) is 5.92 Å². The number of rotatable bonds is 50. The lowest BCUT2D eigenvalue weighted by Gasteiger charge is -2.34. The fourth-order valence-corrected chi connectivity index (χ4v) is 21.4. The Labute approximate surface area is 743 Å². The Balaban J connectivity index is 0.590. The smallest absolute Gasteiger partial charge is 0.0465 e. The molecule has 2 aliphatic carbocycles. The normalized spacial score (nSPS) is 14.1. The minimum absolute atomic E-state index is 0.0551. The van der Waals surface area contributed by atoms with Gasteiger partial charge in [0, 0.05) is 45.0 Å². The summed E-state index contributed by atoms with van der Waals surface area (Å²) in [7, 11) is 0. The van der Waals surface area contributed by atoms with Crippen molar-refractivity contribution in [2.24, 2.45) is 5.92 Å². The quantitative estimate of drug-likeness (QED) is 0.0277. The Morgan fingerprint density at radius 3 is 0.984 bits per heavy atom. The lowest BCUT2D eigenvalue weighted by Crippen LogP contribution is -2.26. The Morgan fingerprint density at radius 1 is 0.268 bits per heavy atom. The van der Waals surface area contributed by atoms with E-state index in [2.05, 4.69) is 379 Å². The summed E-state index contributed by atoms with van der Waals surface area (Å²) < 4.78 is 0. The molecule has 0 saturated carbocycles. The van der Waals surface area contributed by atoms with Crippen molar-refractivity contribution in [3.63, 3.8) is 0 Å². The fourth-order valence-electron chi connectivity index (χ4n) is 21.4. The van der Waals surface area contributed by atoms with Crippen LogP contribution in [0.5, 0.6) is 0 Å². The van der Waals surface area contributed by atoms with Crippen molar-refractivity contribution in [3.05, 3.63) is 373 Å². The minimum Gasteiger partial charge on any atom is -0.310 e. The molecule has 0 amide bonds. The third kappa shape index (κ3) is 22.1. The van der Waals surface area contributed by atoms with Gasteiger partial charge in [-0.2, -0.15) is 0 Å². The number of hydrogen-bond acceptors (Lipinski definition) is 2. The Hall–Kier alpha value is -10.3. The van der Waals surface area contributed by atoms with Crippen LogP contribution >= 0.6 is 0 Å². The average molecular weight is 1620 g/mol. The maximum Gasteiger partial charge on any atom is 0.0465 e. The summed E-state index contributed by atoms with van der Waals surface area (Å²) >= 11 is 0. The number of anilines is 6. The number of hydrogen-bond donors (Lipinski definition) is 0. The molecule has 12 aromatic rings. The molecule has 0 radical (unpaired) electrons. The maximum absolute atomic E-state index is 4.44. The van der Waals surface area contributed by atoms with Gasteiger partial charge in [0.15, 0.2) is 0 Å². The molecule has 0 N–H and O–H groups in total. The number of allylic oxidation sites excluding steroid dienone is 3. The molecule has 12 aromatic carbocycles. The number of benzene rings is 12. The van der Waals surface area contributed by atoms with Crippen LogP contribution < -0.4 is 9.80 Å². The molecule has 636 valence electrons. The van der Waals surface area contributed by atoms with Gasteiger partial charge in [-0.15, -0.1) is 6.58 Å². The second-order valence-corrected chi connectivity index (χ2v) is 36.6. The maximum atomic E-state index is 4.44. The van der Waals surface area contributed by atoms with Gasteiger partial charge in [0.2, 0.25) is 0 Å². The van der Waals surface area contributed by atoms with Gasteiger partial charge in [0.1, 0.15) is 0 Å². The van der Waals surface area contributed by atoms with Gasteiger partial charge in [-0.1, -0.05) is 381 Å². The first-order valence-electron chi connectivity index (χ1n) is 48.6. The van der Waals surface area contributed by atoms with Crippen molar-refractivity contribution in [1.82, 2.24) is 0 Å². The molecule has 0 heterocycles. The van der Waals surface area contributed by atoms with Gasteiger partial charge < -0.3 is 9.80 Å². The summed E-state index contributed by atoms with van der Waals surface area (Å²) in [5.41, 5.74) is 30.2. The molecule has 0 spiro atoms. The van der Waals surface area contributed by atoms with Gasteiger partial charge in [-0.3, -0.25) is 0 Å². The molecule has 14 rings (SSSR count). The second-order valence-electron chi connectivity index (χ2n) is 36.6. The summed E-state index contributed by atoms with van der Waals surface area (Å²) in [5.74, 6) is 2.53. The van der Waals surface area contributed by atoms with E-state index >= 15 is 0 Å². The van der Waals surface area contributed by atoms with Crippen molar-refractivity contribution < 1.29 is 0 Å². The fraction of sp³-hybridized carbons (Fsp3) is 0.372. The highest BCUT2D eigenvalue weighted by Crippen LogP contribution is 2.59. The number of nitrogens with zero attached hydrogens (tertiary/aromatic N) is 2. The summed E-state index contributed by atoms with van der Waals surface area (Å²) in [4.78, 5) is 4.92. The first-order valence-corrected chi connectivity index (χ1v) is 48.6. The van der Waals surface area contributed by atoms with Gasteiger partial charge in [-0.05, 0) is 306 Å². The van der Waals surface area contributed by atoms with Crippen molar-refractivity contribution in [3.8, 4) is 44.5 Å². The van der Waals surface area contributed by atoms with Gasteiger partial charge in [0.25, 0.3) is 0 Å². The van der Waals surface area contributed by atoms with Crippen LogP contribution in [0.3, 0.4) is 0 Å². The largest absolute Gasteiger partial charge is 0.310 e. The van der Waals surface area contributed by atoms with E-state index in [1.807, 2.05) is 0 Å². The predicted molar refractivity (Wildman–Crippen MR) is 534 cm³/mol. The number of fused-ring (bicyclic) bond motifs is 6. The third-order valence-corrected chi connectivity index (χ3v) is 28.5. The zero-order valence-electron chi connectivity index (χ0n) is 75.7. The molecule has 0 saturated heterocycles. The highest BCUT2D eigenvalue weighted by Gasteiger charge is 2.45. The van der Waals surface area contributed by atoms with Gasteiger partial charge in [0.05, 0.1) is 0 Å². The minimum atomic E-state index is -0.0560. The van der Waals surface area contributed by atoms with Crippen molar-refractivity contribution in [2.75, 3.05) is 9.80 Å². The molecule has 0 aliphatic heterocycles. The van der Waals surface area contributed by atoms with Crippen molar-refractivity contribution >= 4 is 34.1 Å². The molecule has 5 atom stereocenters. The van der Waals surface area contributed by atoms with E-state index in [1.54, 1.807) is 11.1 Å². The lowest BCUT2D eigenvalue weighted by molar-refractivity contribution is 0.401. The van der Waals surface area contributed by atoms with Crippen LogP contribution in [0.2, 0.25) is 0 Å². The molecule has 5 unspecified atom stereocenters. The van der Waals surface area contributed by atoms with Gasteiger partial charge in [-0.25, -0.2) is 0 Å². The van der Waals surface area contributed by atoms with Crippen molar-refractivity contribution in [1.29, 1.82) is 0 Å². The topological polar surface area (TPSA) is 6.48 Å². The van der Waals surface area contributed by atoms with Gasteiger partial charge >= 0.3 is 0 Å². The third-order valence-electron chi connectivity index (χ3n) is 28.5. The summed E-state index contributed by atoms with van der Waals surface area (Å²) in [6.45, 7) is 18.7. The first-order chi connectivity index (χ1) is 60.7. The Morgan fingerprint density at radius 2 is 0.593 bits per heavy atom. The molecule has 2 heteroatoms. The molecule has 123 heavy (non-hydrogen) atoms. The Bertz CT molecular complexity index is 5070. The molecular weight excluding hydrogens is 1480 g/mol. The standard InChI is InChI=1S/C121H142N2/c1-8-14-18-45-85-120(86-46-19-15-9-2)116-89-104(77-81-112(116)114-83-79-110(91-118(114)120)122(106-55-37-27-38-56-106)107-57-39-28-40-58-107)102-71-68-96(69-72-102)93(7)63-65-101(98-52-35-26-36-53-98)66-64-94(12-5)49-31-23-22-24-32-54-99(97-50-33-25-34-51-97)70-67-95(13-6)100-73-75-103(76-74-100)105-78-82-113-115-84-80-111(123(108-59-41-29-42-60-108)109-61-43-30-44-62-109)92-119(115)121(117(113)90-105,87-47-20-16-10-3)88-48-21-17-11-4/h12,22,24-30,33-44,50-53,55-62,68-69,71-84,89-95,99,101H,5,8-11,13-21,23,31-32,45-49,54,63-67,70,85-88H2,1-4,6-7H3/b24-22+. The summed E-state index contributed by atoms with van der Waals surface area (Å²) in [6.07, 6.45) is 46.2. The van der Waals surface area contributed by atoms with E-state index in [-0.39, 0.29) is 10.8 Å². The van der Waals surface area contributed by atoms with Crippen molar-refractivity contribution in [2.45, 2.75) is 282 Å². The number of unbranched alkanes of at least 4 members (excludes halogenated alkanes) is 13. The van der Waals surface area contributed by atoms with E-state index in [9.17, 15) is 0 Å². The predicted octanol–water partition coefficient (Wildman–Crippen LogP) is 36.9. The van der Waals surface area contributed by atoms with Crippen LogP contribution in [0.15, 0.2) is 328 Å². The lowest BCUT2D eigenvalue weighted by atomic mass is 9.70. The molecule has 2 aliphatic rings. The van der Waals surface area contributed by atoms with E-state index in [0.29, 0.717) is 29.6 Å². The summed E-state index contributed by atoms with van der Waals surface area (Å²) in [5, 5.41) is 0. The van der Waals surface area contributed by atoms with Crippen LogP contribution in [0.25, 0.3) is 44.5 Å². The number of para-hydroxylation sites is 4.